The van der Waals surface area contributed by atoms with E-state index in [-0.39, 0.29) is 18.4 Å². The molecule has 0 saturated heterocycles. The predicted molar refractivity (Wildman–Crippen MR) is 51.4 cm³/mol. The Hall–Kier alpha value is -0.600. The minimum Gasteiger partial charge on any atom is -0.323 e. The molecule has 0 radical (unpaired) electrons. The Labute approximate surface area is 78.6 Å². The molecule has 0 saturated carbocycles. The second-order valence-corrected chi connectivity index (χ2v) is 3.05. The van der Waals surface area contributed by atoms with Crippen LogP contribution in [0.5, 0.6) is 0 Å². The molecule has 1 heterocycles. The molecule has 0 bridgehead atoms. The van der Waals surface area contributed by atoms with Crippen LogP contribution in [0, 0.1) is 0 Å². The molecule has 3 heteroatoms. The molecule has 66 valence electrons. The molecule has 0 fully saturated rings. The number of aromatic nitrogens is 1. The van der Waals surface area contributed by atoms with Gasteiger partial charge in [-0.3, -0.25) is 4.98 Å². The van der Waals surface area contributed by atoms with Crippen molar-refractivity contribution in [2.24, 2.45) is 5.73 Å². The first-order valence-corrected chi connectivity index (χ1v) is 4.07. The molecule has 1 aromatic heterocycles. The highest BCUT2D eigenvalue weighted by molar-refractivity contribution is 5.85. The molecule has 1 aromatic rings. The average Bonchev–Trinajstić information content (AvgIpc) is 2.06. The third-order valence-electron chi connectivity index (χ3n) is 2.24. The van der Waals surface area contributed by atoms with E-state index in [1.54, 1.807) is 0 Å². The fourth-order valence-electron chi connectivity index (χ4n) is 1.65. The van der Waals surface area contributed by atoms with E-state index < -0.39 is 0 Å². The van der Waals surface area contributed by atoms with Crippen LogP contribution in [0.2, 0.25) is 0 Å². The normalized spacial score (nSPS) is 20.9. The van der Waals surface area contributed by atoms with Crippen molar-refractivity contribution in [3.8, 4) is 0 Å². The van der Waals surface area contributed by atoms with Gasteiger partial charge in [0.25, 0.3) is 0 Å². The van der Waals surface area contributed by atoms with Gasteiger partial charge in [0.1, 0.15) is 0 Å². The van der Waals surface area contributed by atoms with Gasteiger partial charge < -0.3 is 5.73 Å². The van der Waals surface area contributed by atoms with Gasteiger partial charge in [-0.1, -0.05) is 6.07 Å². The van der Waals surface area contributed by atoms with Crippen LogP contribution in [0.15, 0.2) is 18.3 Å². The number of nitrogens with two attached hydrogens (primary N) is 1. The summed E-state index contributed by atoms with van der Waals surface area (Å²) in [5.41, 5.74) is 8.33. The zero-order chi connectivity index (χ0) is 7.68. The number of hydrogen-bond acceptors (Lipinski definition) is 2. The summed E-state index contributed by atoms with van der Waals surface area (Å²) in [6.07, 6.45) is 5.27. The zero-order valence-electron chi connectivity index (χ0n) is 6.86. The third kappa shape index (κ3) is 1.59. The number of hydrogen-bond donors (Lipinski definition) is 1. The maximum absolute atomic E-state index is 5.88. The second-order valence-electron chi connectivity index (χ2n) is 3.05. The topological polar surface area (TPSA) is 38.9 Å². The molecule has 0 unspecified atom stereocenters. The Bertz CT molecular complexity index is 262. The maximum atomic E-state index is 5.88. The molecular formula is C9H13ClN2. The summed E-state index contributed by atoms with van der Waals surface area (Å²) in [4.78, 5) is 4.28. The van der Waals surface area contributed by atoms with E-state index in [2.05, 4.69) is 11.1 Å². The van der Waals surface area contributed by atoms with Crippen LogP contribution < -0.4 is 5.73 Å². The van der Waals surface area contributed by atoms with Gasteiger partial charge in [0.15, 0.2) is 0 Å². The van der Waals surface area contributed by atoms with E-state index in [4.69, 9.17) is 5.73 Å². The van der Waals surface area contributed by atoms with Crippen LogP contribution in [0.1, 0.15) is 30.1 Å². The van der Waals surface area contributed by atoms with Crippen molar-refractivity contribution < 1.29 is 0 Å². The standard InChI is InChI=1S/C9H12N2.ClH/c10-8-5-1-3-7-4-2-6-11-9(7)8;/h2,4,6,8H,1,3,5,10H2;1H/t8-;/m1./s1. The third-order valence-corrected chi connectivity index (χ3v) is 2.24. The molecule has 0 aliphatic heterocycles. The van der Waals surface area contributed by atoms with Crippen LogP contribution in [-0.4, -0.2) is 4.98 Å². The Kier molecular flexibility index (Phi) is 3.06. The van der Waals surface area contributed by atoms with Gasteiger partial charge in [0, 0.05) is 12.2 Å². The quantitative estimate of drug-likeness (QED) is 0.669. The highest BCUT2D eigenvalue weighted by Gasteiger charge is 2.16. The summed E-state index contributed by atoms with van der Waals surface area (Å²) in [7, 11) is 0. The molecule has 2 nitrogen and oxygen atoms in total. The Morgan fingerprint density at radius 2 is 2.33 bits per heavy atom. The highest BCUT2D eigenvalue weighted by Crippen LogP contribution is 2.24. The SMILES string of the molecule is Cl.N[C@@H]1CCCc2cccnc21. The molecule has 2 rings (SSSR count). The summed E-state index contributed by atoms with van der Waals surface area (Å²) in [5.74, 6) is 0. The minimum absolute atomic E-state index is 0. The first-order valence-electron chi connectivity index (χ1n) is 4.07. The fourth-order valence-corrected chi connectivity index (χ4v) is 1.65. The molecule has 1 aliphatic carbocycles. The first kappa shape index (κ1) is 9.49. The number of halogens is 1. The van der Waals surface area contributed by atoms with E-state index in [9.17, 15) is 0 Å². The van der Waals surface area contributed by atoms with Crippen molar-refractivity contribution in [3.05, 3.63) is 29.6 Å². The number of fused-ring (bicyclic) bond motifs is 1. The number of pyridine rings is 1. The number of aryl methyl sites for hydroxylation is 1. The average molecular weight is 185 g/mol. The van der Waals surface area contributed by atoms with Crippen molar-refractivity contribution >= 4 is 12.4 Å². The lowest BCUT2D eigenvalue weighted by atomic mass is 9.93. The molecular weight excluding hydrogens is 172 g/mol. The van der Waals surface area contributed by atoms with E-state index in [1.165, 1.54) is 12.0 Å². The first-order chi connectivity index (χ1) is 5.38. The van der Waals surface area contributed by atoms with E-state index in [0.29, 0.717) is 0 Å². The molecule has 1 atom stereocenters. The molecule has 0 amide bonds. The van der Waals surface area contributed by atoms with Crippen LogP contribution >= 0.6 is 12.4 Å². The van der Waals surface area contributed by atoms with Gasteiger partial charge in [-0.25, -0.2) is 0 Å². The lowest BCUT2D eigenvalue weighted by Crippen LogP contribution is -2.18. The van der Waals surface area contributed by atoms with Crippen LogP contribution in [0.25, 0.3) is 0 Å². The van der Waals surface area contributed by atoms with Gasteiger partial charge in [-0.2, -0.15) is 0 Å². The van der Waals surface area contributed by atoms with Crippen LogP contribution in [0.3, 0.4) is 0 Å². The fraction of sp³-hybridized carbons (Fsp3) is 0.444. The summed E-state index contributed by atoms with van der Waals surface area (Å²) >= 11 is 0. The van der Waals surface area contributed by atoms with Gasteiger partial charge in [-0.05, 0) is 30.9 Å². The van der Waals surface area contributed by atoms with Gasteiger partial charge >= 0.3 is 0 Å². The van der Waals surface area contributed by atoms with Crippen molar-refractivity contribution in [2.75, 3.05) is 0 Å². The summed E-state index contributed by atoms with van der Waals surface area (Å²) in [6.45, 7) is 0. The molecule has 0 aromatic carbocycles. The van der Waals surface area contributed by atoms with E-state index in [1.807, 2.05) is 12.3 Å². The number of rotatable bonds is 0. The summed E-state index contributed by atoms with van der Waals surface area (Å²) in [6, 6.07) is 4.29. The largest absolute Gasteiger partial charge is 0.323 e. The number of nitrogens with zero attached hydrogens (tertiary/aromatic N) is 1. The predicted octanol–water partition coefficient (Wildman–Crippen LogP) is 1.84. The smallest absolute Gasteiger partial charge is 0.0602 e. The Morgan fingerprint density at radius 1 is 1.50 bits per heavy atom. The highest BCUT2D eigenvalue weighted by atomic mass is 35.5. The monoisotopic (exact) mass is 184 g/mol. The zero-order valence-corrected chi connectivity index (χ0v) is 7.68. The van der Waals surface area contributed by atoms with E-state index in [0.717, 1.165) is 18.5 Å². The van der Waals surface area contributed by atoms with Crippen LogP contribution in [0.4, 0.5) is 0 Å². The van der Waals surface area contributed by atoms with Crippen molar-refractivity contribution in [1.29, 1.82) is 0 Å². The second kappa shape index (κ2) is 3.87. The maximum Gasteiger partial charge on any atom is 0.0602 e. The molecule has 12 heavy (non-hydrogen) atoms. The molecule has 2 N–H and O–H groups in total. The Balaban J connectivity index is 0.000000720. The summed E-state index contributed by atoms with van der Waals surface area (Å²) in [5, 5.41) is 0. The lowest BCUT2D eigenvalue weighted by Gasteiger charge is -2.19. The Morgan fingerprint density at radius 3 is 3.08 bits per heavy atom. The van der Waals surface area contributed by atoms with Crippen molar-refractivity contribution in [3.63, 3.8) is 0 Å². The van der Waals surface area contributed by atoms with Crippen molar-refractivity contribution in [2.45, 2.75) is 25.3 Å². The van der Waals surface area contributed by atoms with E-state index >= 15 is 0 Å². The van der Waals surface area contributed by atoms with Gasteiger partial charge in [0.05, 0.1) is 5.69 Å². The lowest BCUT2D eigenvalue weighted by molar-refractivity contribution is 0.554. The van der Waals surface area contributed by atoms with Gasteiger partial charge in [-0.15, -0.1) is 12.4 Å². The van der Waals surface area contributed by atoms with Gasteiger partial charge in [0.2, 0.25) is 0 Å². The van der Waals surface area contributed by atoms with Crippen LogP contribution in [-0.2, 0) is 6.42 Å². The minimum atomic E-state index is 0. The van der Waals surface area contributed by atoms with Crippen molar-refractivity contribution in [1.82, 2.24) is 4.98 Å². The molecule has 0 spiro atoms. The summed E-state index contributed by atoms with van der Waals surface area (Å²) < 4.78 is 0. The molecule has 1 aliphatic rings.